The van der Waals surface area contributed by atoms with Crippen LogP contribution in [0.1, 0.15) is 0 Å². The van der Waals surface area contributed by atoms with E-state index in [9.17, 15) is 8.42 Å². The number of nitrogens with zero attached hydrogens (tertiary/aromatic N) is 2. The molecule has 0 unspecified atom stereocenters. The lowest BCUT2D eigenvalue weighted by atomic mass is 10.1. The fraction of sp³-hybridized carbons (Fsp3) is 0. The summed E-state index contributed by atoms with van der Waals surface area (Å²) in [6.07, 6.45) is 3.22. The Bertz CT molecular complexity index is 1190. The van der Waals surface area contributed by atoms with Gasteiger partial charge in [-0.15, -0.1) is 0 Å². The lowest BCUT2D eigenvalue weighted by Gasteiger charge is -2.11. The van der Waals surface area contributed by atoms with Crippen LogP contribution in [0.2, 0.25) is 5.15 Å². The number of aromatic nitrogens is 3. The van der Waals surface area contributed by atoms with E-state index in [1.165, 1.54) is 12.1 Å². The largest absolute Gasteiger partial charge is 0.345 e. The van der Waals surface area contributed by atoms with E-state index in [4.69, 9.17) is 11.6 Å². The number of aromatic amines is 1. The van der Waals surface area contributed by atoms with Gasteiger partial charge in [-0.2, -0.15) is 0 Å². The van der Waals surface area contributed by atoms with Crippen LogP contribution in [0.3, 0.4) is 0 Å². The molecule has 6 nitrogen and oxygen atoms in total. The molecule has 8 heteroatoms. The van der Waals surface area contributed by atoms with E-state index in [1.54, 1.807) is 36.8 Å². The first kappa shape index (κ1) is 16.6. The minimum absolute atomic E-state index is 0.0795. The van der Waals surface area contributed by atoms with Crippen molar-refractivity contribution in [3.8, 4) is 11.1 Å². The molecule has 4 rings (SSSR count). The lowest BCUT2D eigenvalue weighted by Crippen LogP contribution is -2.13. The smallest absolute Gasteiger partial charge is 0.261 e. The fourth-order valence-corrected chi connectivity index (χ4v) is 3.88. The standard InChI is InChI=1S/C18H13ClN4O2S/c19-18-17(23-26(24,25)14-4-2-1-3-5-14)9-13(10-20-18)12-6-7-15-16(8-12)22-11-21-15/h1-11,23H,(H,21,22). The minimum atomic E-state index is -3.75. The summed E-state index contributed by atoms with van der Waals surface area (Å²) < 4.78 is 27.6. The summed E-state index contributed by atoms with van der Waals surface area (Å²) in [5, 5.41) is 0.0795. The maximum atomic E-state index is 12.5. The highest BCUT2D eigenvalue weighted by molar-refractivity contribution is 7.92. The van der Waals surface area contributed by atoms with Crippen LogP contribution in [0, 0.1) is 0 Å². The molecule has 0 aliphatic carbocycles. The molecule has 4 aromatic rings. The molecule has 0 amide bonds. The van der Waals surface area contributed by atoms with Crippen LogP contribution in [0.15, 0.2) is 72.0 Å². The number of H-pyrrole nitrogens is 1. The third-order valence-corrected chi connectivity index (χ3v) is 5.57. The number of imidazole rings is 1. The number of sulfonamides is 1. The van der Waals surface area contributed by atoms with Gasteiger partial charge in [0.1, 0.15) is 0 Å². The highest BCUT2D eigenvalue weighted by atomic mass is 35.5. The first-order valence-electron chi connectivity index (χ1n) is 7.70. The van der Waals surface area contributed by atoms with Crippen molar-refractivity contribution in [2.45, 2.75) is 4.90 Å². The molecule has 0 aliphatic heterocycles. The summed E-state index contributed by atoms with van der Waals surface area (Å²) >= 11 is 6.10. The van der Waals surface area contributed by atoms with Crippen molar-refractivity contribution < 1.29 is 8.42 Å². The van der Waals surface area contributed by atoms with Crippen molar-refractivity contribution >= 4 is 38.3 Å². The summed E-state index contributed by atoms with van der Waals surface area (Å²) in [7, 11) is -3.75. The van der Waals surface area contributed by atoms with Gasteiger partial charge in [-0.05, 0) is 35.9 Å². The predicted molar refractivity (Wildman–Crippen MR) is 102 cm³/mol. The number of halogens is 1. The Hall–Kier alpha value is -2.90. The van der Waals surface area contributed by atoms with Gasteiger partial charge in [-0.1, -0.05) is 35.9 Å². The number of anilines is 1. The molecule has 2 heterocycles. The van der Waals surface area contributed by atoms with Gasteiger partial charge in [0, 0.05) is 11.8 Å². The van der Waals surface area contributed by atoms with Crippen LogP contribution in [-0.2, 0) is 10.0 Å². The van der Waals surface area contributed by atoms with E-state index in [2.05, 4.69) is 19.7 Å². The number of hydrogen-bond donors (Lipinski definition) is 2. The Labute approximate surface area is 154 Å². The maximum absolute atomic E-state index is 12.5. The summed E-state index contributed by atoms with van der Waals surface area (Å²) in [5.41, 5.74) is 3.55. The zero-order chi connectivity index (χ0) is 18.1. The summed E-state index contributed by atoms with van der Waals surface area (Å²) in [5.74, 6) is 0. The van der Waals surface area contributed by atoms with Gasteiger partial charge < -0.3 is 4.98 Å². The van der Waals surface area contributed by atoms with Gasteiger partial charge >= 0.3 is 0 Å². The molecule has 0 saturated heterocycles. The zero-order valence-corrected chi connectivity index (χ0v) is 14.9. The van der Waals surface area contributed by atoms with Gasteiger partial charge in [0.05, 0.1) is 27.9 Å². The Morgan fingerprint density at radius 2 is 1.77 bits per heavy atom. The quantitative estimate of drug-likeness (QED) is 0.519. The van der Waals surface area contributed by atoms with Crippen molar-refractivity contribution in [2.24, 2.45) is 0 Å². The average Bonchev–Trinajstić information content (AvgIpc) is 3.12. The Kier molecular flexibility index (Phi) is 4.10. The molecule has 0 radical (unpaired) electrons. The lowest BCUT2D eigenvalue weighted by molar-refractivity contribution is 0.601. The number of pyridine rings is 1. The number of hydrogen-bond acceptors (Lipinski definition) is 4. The van der Waals surface area contributed by atoms with E-state index in [0.29, 0.717) is 0 Å². The number of fused-ring (bicyclic) bond motifs is 1. The molecular weight excluding hydrogens is 372 g/mol. The van der Waals surface area contributed by atoms with E-state index in [0.717, 1.165) is 22.2 Å². The van der Waals surface area contributed by atoms with Gasteiger partial charge in [0.15, 0.2) is 5.15 Å². The van der Waals surface area contributed by atoms with E-state index < -0.39 is 10.0 Å². The summed E-state index contributed by atoms with van der Waals surface area (Å²) in [6.45, 7) is 0. The third kappa shape index (κ3) is 3.14. The molecule has 0 fully saturated rings. The van der Waals surface area contributed by atoms with Crippen molar-refractivity contribution in [3.63, 3.8) is 0 Å². The van der Waals surface area contributed by atoms with E-state index in [1.807, 2.05) is 18.2 Å². The van der Waals surface area contributed by atoms with Crippen LogP contribution in [0.5, 0.6) is 0 Å². The fourth-order valence-electron chi connectivity index (χ4n) is 2.60. The monoisotopic (exact) mass is 384 g/mol. The van der Waals surface area contributed by atoms with Gasteiger partial charge in [0.2, 0.25) is 0 Å². The molecule has 0 spiro atoms. The van der Waals surface area contributed by atoms with Gasteiger partial charge in [0.25, 0.3) is 10.0 Å². The van der Waals surface area contributed by atoms with Crippen molar-refractivity contribution in [1.82, 2.24) is 15.0 Å². The first-order valence-corrected chi connectivity index (χ1v) is 9.56. The molecule has 0 saturated carbocycles. The van der Waals surface area contributed by atoms with Crippen LogP contribution >= 0.6 is 11.6 Å². The zero-order valence-electron chi connectivity index (χ0n) is 13.3. The molecule has 0 aliphatic rings. The Morgan fingerprint density at radius 3 is 2.58 bits per heavy atom. The second-order valence-corrected chi connectivity index (χ2v) is 7.66. The number of rotatable bonds is 4. The highest BCUT2D eigenvalue weighted by Gasteiger charge is 2.16. The van der Waals surface area contributed by atoms with Crippen LogP contribution in [-0.4, -0.2) is 23.4 Å². The average molecular weight is 385 g/mol. The van der Waals surface area contributed by atoms with E-state index in [-0.39, 0.29) is 15.7 Å². The Morgan fingerprint density at radius 1 is 0.962 bits per heavy atom. The van der Waals surface area contributed by atoms with Crippen LogP contribution < -0.4 is 4.72 Å². The van der Waals surface area contributed by atoms with E-state index >= 15 is 0 Å². The minimum Gasteiger partial charge on any atom is -0.345 e. The molecule has 0 bridgehead atoms. The van der Waals surface area contributed by atoms with Crippen molar-refractivity contribution in [1.29, 1.82) is 0 Å². The summed E-state index contributed by atoms with van der Waals surface area (Å²) in [6, 6.07) is 15.4. The number of benzene rings is 2. The molecule has 2 aromatic heterocycles. The summed E-state index contributed by atoms with van der Waals surface area (Å²) in [4.78, 5) is 11.5. The number of nitrogens with one attached hydrogen (secondary N) is 2. The second kappa shape index (κ2) is 6.44. The molecule has 26 heavy (non-hydrogen) atoms. The SMILES string of the molecule is O=S(=O)(Nc1cc(-c2ccc3nc[nH]c3c2)cnc1Cl)c1ccccc1. The predicted octanol–water partition coefficient (Wildman–Crippen LogP) is 4.08. The first-order chi connectivity index (χ1) is 12.5. The Balaban J connectivity index is 1.72. The third-order valence-electron chi connectivity index (χ3n) is 3.89. The molecule has 2 aromatic carbocycles. The second-order valence-electron chi connectivity index (χ2n) is 5.62. The highest BCUT2D eigenvalue weighted by Crippen LogP contribution is 2.29. The maximum Gasteiger partial charge on any atom is 0.261 e. The van der Waals surface area contributed by atoms with Crippen LogP contribution in [0.4, 0.5) is 5.69 Å². The molecule has 130 valence electrons. The molecule has 0 atom stereocenters. The molecular formula is C18H13ClN4O2S. The molecule has 2 N–H and O–H groups in total. The van der Waals surface area contributed by atoms with Gasteiger partial charge in [-0.25, -0.2) is 18.4 Å². The van der Waals surface area contributed by atoms with Crippen molar-refractivity contribution in [3.05, 3.63) is 72.3 Å². The van der Waals surface area contributed by atoms with Crippen LogP contribution in [0.25, 0.3) is 22.2 Å². The normalized spacial score (nSPS) is 11.6. The topological polar surface area (TPSA) is 87.7 Å². The van der Waals surface area contributed by atoms with Gasteiger partial charge in [-0.3, -0.25) is 4.72 Å². The van der Waals surface area contributed by atoms with Crippen molar-refractivity contribution in [2.75, 3.05) is 4.72 Å².